The lowest BCUT2D eigenvalue weighted by atomic mass is 10.5. The molecular weight excluding hydrogens is 659 g/mol. The number of hydrogen-bond acceptors (Lipinski definition) is 17. The van der Waals surface area contributed by atoms with E-state index in [1.165, 1.54) is 63.5 Å². The van der Waals surface area contributed by atoms with Gasteiger partial charge in [-0.2, -0.15) is 0 Å². The first-order valence-corrected chi connectivity index (χ1v) is 13.6. The highest BCUT2D eigenvalue weighted by atomic mass is 35.5. The number of carbonyl (C=O) groups is 5. The normalized spacial score (nSPS) is 9.12. The summed E-state index contributed by atoms with van der Waals surface area (Å²) in [6, 6.07) is 0. The zero-order valence-electron chi connectivity index (χ0n) is 21.5. The van der Waals surface area contributed by atoms with Crippen LogP contribution in [0.15, 0.2) is 29.6 Å². The Labute approximate surface area is 265 Å². The number of nitrogen functional groups attached to an aromatic ring is 1. The lowest BCUT2D eigenvalue weighted by Gasteiger charge is -1.95. The molecule has 1 unspecified atom stereocenters. The van der Waals surface area contributed by atoms with Crippen LogP contribution in [-0.4, -0.2) is 89.9 Å². The van der Waals surface area contributed by atoms with Gasteiger partial charge < -0.3 is 34.6 Å². The molecular formula is C23H34Cl2N4O10S3. The van der Waals surface area contributed by atoms with E-state index in [4.69, 9.17) is 34.0 Å². The summed E-state index contributed by atoms with van der Waals surface area (Å²) in [7, 11) is 5.13. The number of alkyl halides is 2. The molecule has 0 bridgehead atoms. The first-order valence-electron chi connectivity index (χ1n) is 10.1. The van der Waals surface area contributed by atoms with Gasteiger partial charge in [0, 0.05) is 11.1 Å². The van der Waals surface area contributed by atoms with Gasteiger partial charge >= 0.3 is 23.9 Å². The van der Waals surface area contributed by atoms with Crippen molar-refractivity contribution >= 4 is 92.5 Å². The third-order valence-corrected chi connectivity index (χ3v) is 6.07. The van der Waals surface area contributed by atoms with E-state index in [1.807, 2.05) is 0 Å². The van der Waals surface area contributed by atoms with Crippen molar-refractivity contribution < 1.29 is 48.0 Å². The number of anilines is 1. The van der Waals surface area contributed by atoms with Crippen LogP contribution in [0, 0.1) is 0 Å². The van der Waals surface area contributed by atoms with Crippen LogP contribution in [0.1, 0.15) is 39.1 Å². The molecule has 238 valence electrons. The van der Waals surface area contributed by atoms with E-state index >= 15 is 0 Å². The van der Waals surface area contributed by atoms with Crippen LogP contribution >= 0.6 is 57.2 Å². The van der Waals surface area contributed by atoms with E-state index in [9.17, 15) is 24.0 Å². The molecule has 0 spiro atoms. The second-order valence-corrected chi connectivity index (χ2v) is 9.47. The molecule has 0 saturated carbocycles. The first-order chi connectivity index (χ1) is 19.0. The second-order valence-electron chi connectivity index (χ2n) is 5.81. The molecule has 0 aliphatic rings. The molecule has 0 saturated heterocycles. The Morgan fingerprint density at radius 1 is 0.929 bits per heavy atom. The van der Waals surface area contributed by atoms with Crippen LogP contribution in [0.4, 0.5) is 5.13 Å². The van der Waals surface area contributed by atoms with Gasteiger partial charge in [-0.3, -0.25) is 14.8 Å². The average Bonchev–Trinajstić information content (AvgIpc) is 3.80. The smallest absolute Gasteiger partial charge is 0.349 e. The minimum atomic E-state index is -1.15. The quantitative estimate of drug-likeness (QED) is 0.124. The van der Waals surface area contributed by atoms with Crippen molar-refractivity contribution in [1.29, 1.82) is 0 Å². The monoisotopic (exact) mass is 692 g/mol. The Balaban J connectivity index is -0.000000215. The van der Waals surface area contributed by atoms with Crippen molar-refractivity contribution in [1.82, 2.24) is 15.0 Å². The number of halogens is 2. The topological polar surface area (TPSA) is 207 Å². The maximum atomic E-state index is 10.7. The van der Waals surface area contributed by atoms with E-state index in [2.05, 4.69) is 33.9 Å². The molecule has 0 radical (unpaired) electrons. The van der Waals surface area contributed by atoms with Gasteiger partial charge in [0.25, 0.3) is 0 Å². The molecule has 19 heteroatoms. The molecule has 14 nitrogen and oxygen atoms in total. The predicted octanol–water partition coefficient (Wildman–Crippen LogP) is 3.71. The molecule has 3 N–H and O–H groups in total. The van der Waals surface area contributed by atoms with Gasteiger partial charge in [0.05, 0.1) is 58.5 Å². The summed E-state index contributed by atoms with van der Waals surface area (Å²) in [5, 5.41) is 7.62. The molecule has 0 aliphatic carbocycles. The number of nitrogens with zero attached hydrogens (tertiary/aromatic N) is 3. The maximum Gasteiger partial charge on any atom is 0.349 e. The number of carbonyl (C=O) groups excluding carboxylic acids is 5. The van der Waals surface area contributed by atoms with Crippen molar-refractivity contribution in [2.24, 2.45) is 0 Å². The number of esters is 4. The molecule has 3 aromatic rings. The van der Waals surface area contributed by atoms with E-state index in [1.54, 1.807) is 17.2 Å². The van der Waals surface area contributed by atoms with Gasteiger partial charge in [-0.05, 0) is 0 Å². The second kappa shape index (κ2) is 29.3. The number of ether oxygens (including phenoxy) is 4. The van der Waals surface area contributed by atoms with Gasteiger partial charge in [-0.25, -0.2) is 19.4 Å². The highest BCUT2D eigenvalue weighted by Gasteiger charge is 2.12. The van der Waals surface area contributed by atoms with Crippen molar-refractivity contribution in [3.8, 4) is 0 Å². The fraction of sp³-hybridized carbons (Fsp3) is 0.391. The van der Waals surface area contributed by atoms with Crippen molar-refractivity contribution in [3.63, 3.8) is 0 Å². The summed E-state index contributed by atoms with van der Waals surface area (Å²) in [6.07, 6.45) is 4.85. The third-order valence-electron chi connectivity index (χ3n) is 3.25. The Morgan fingerprint density at radius 2 is 1.48 bits per heavy atom. The Bertz CT molecular complexity index is 1110. The van der Waals surface area contributed by atoms with E-state index in [0.29, 0.717) is 21.2 Å². The maximum absolute atomic E-state index is 10.7. The first kappa shape index (κ1) is 45.8. The zero-order valence-corrected chi connectivity index (χ0v) is 25.4. The van der Waals surface area contributed by atoms with Crippen LogP contribution in [0.3, 0.4) is 0 Å². The highest BCUT2D eigenvalue weighted by molar-refractivity contribution is 7.17. The molecule has 3 rings (SSSR count). The highest BCUT2D eigenvalue weighted by Crippen LogP contribution is 2.14. The fourth-order valence-corrected chi connectivity index (χ4v) is 3.23. The lowest BCUT2D eigenvalue weighted by Crippen LogP contribution is -2.16. The van der Waals surface area contributed by atoms with Crippen molar-refractivity contribution in [2.75, 3.05) is 40.1 Å². The largest absolute Gasteiger partial charge is 0.468 e. The van der Waals surface area contributed by atoms with Crippen molar-refractivity contribution in [2.45, 2.75) is 26.8 Å². The predicted molar refractivity (Wildman–Crippen MR) is 163 cm³/mol. The van der Waals surface area contributed by atoms with Gasteiger partial charge in [-0.1, -0.05) is 26.2 Å². The number of methoxy groups -OCH3 is 4. The average molecular weight is 694 g/mol. The molecule has 3 aromatic heterocycles. The number of aromatic nitrogens is 3. The fourth-order valence-electron chi connectivity index (χ4n) is 1.44. The number of aliphatic hydroxyl groups excluding tert-OH is 1. The van der Waals surface area contributed by atoms with Gasteiger partial charge in [0.1, 0.15) is 21.9 Å². The molecule has 3 heterocycles. The van der Waals surface area contributed by atoms with Crippen LogP contribution in [0.25, 0.3) is 0 Å². The van der Waals surface area contributed by atoms with E-state index in [-0.39, 0.29) is 33.3 Å². The molecule has 0 aromatic carbocycles. The van der Waals surface area contributed by atoms with Crippen LogP contribution < -0.4 is 5.73 Å². The molecule has 1 atom stereocenters. The van der Waals surface area contributed by atoms with Gasteiger partial charge in [-0.15, -0.1) is 45.9 Å². The summed E-state index contributed by atoms with van der Waals surface area (Å²) in [5.74, 6) is -1.89. The van der Waals surface area contributed by atoms with Crippen LogP contribution in [0.2, 0.25) is 0 Å². The summed E-state index contributed by atoms with van der Waals surface area (Å²) in [4.78, 5) is 64.0. The molecule has 0 amide bonds. The van der Waals surface area contributed by atoms with E-state index in [0.717, 1.165) is 16.2 Å². The SMILES string of the molecule is C.C.COC(=O)C(Cl)C=O.COC(=O)CCl.COC(=O)c1cnc(N)s1.COC(=O)c1cncs1.OCc1cncs1. The lowest BCUT2D eigenvalue weighted by molar-refractivity contribution is -0.141. The summed E-state index contributed by atoms with van der Waals surface area (Å²) >= 11 is 13.9. The minimum Gasteiger partial charge on any atom is -0.468 e. The van der Waals surface area contributed by atoms with Gasteiger partial charge in [0.15, 0.2) is 10.5 Å². The van der Waals surface area contributed by atoms with E-state index < -0.39 is 23.3 Å². The van der Waals surface area contributed by atoms with Gasteiger partial charge in [0.2, 0.25) is 0 Å². The number of aldehydes is 1. The molecule has 42 heavy (non-hydrogen) atoms. The number of nitrogens with two attached hydrogens (primary N) is 1. The zero-order chi connectivity index (χ0) is 30.9. The number of hydrogen-bond donors (Lipinski definition) is 2. The molecule has 0 aliphatic heterocycles. The Morgan fingerprint density at radius 3 is 1.74 bits per heavy atom. The van der Waals surface area contributed by atoms with Crippen LogP contribution in [-0.2, 0) is 39.9 Å². The Kier molecular flexibility index (Phi) is 31.9. The Hall–Kier alpha value is -3.22. The van der Waals surface area contributed by atoms with Crippen molar-refractivity contribution in [3.05, 3.63) is 44.2 Å². The summed E-state index contributed by atoms with van der Waals surface area (Å²) in [6.45, 7) is 0.116. The summed E-state index contributed by atoms with van der Waals surface area (Å²) in [5.41, 5.74) is 8.56. The number of rotatable bonds is 6. The number of thiazole rings is 3. The van der Waals surface area contributed by atoms with Crippen LogP contribution in [0.5, 0.6) is 0 Å². The third kappa shape index (κ3) is 22.5. The minimum absolute atomic E-state index is 0. The summed E-state index contributed by atoms with van der Waals surface area (Å²) < 4.78 is 17.1. The number of aliphatic hydroxyl groups is 1. The molecule has 0 fully saturated rings. The standard InChI is InChI=1S/C5H6N2O2S.C5H5NO2S.C4H5ClO3.C4H5NOS.C3H5ClO2.2CH4/c1-9-4(8)3-2-7-5(6)10-3;1-8-5(7)4-2-6-3-9-4;1-8-4(7)3(5)2-6;6-2-4-1-5-3-7-4;1-6-3(5)2-4;;/h2H,1H3,(H2,6,7);2-3H,1H3;2-3H,1H3;1,3,6H,2H2;2H2,1H3;2*1H4.